The first kappa shape index (κ1) is 15.1. The molecule has 2 aromatic rings. The fourth-order valence-electron chi connectivity index (χ4n) is 1.82. The second-order valence-corrected chi connectivity index (χ2v) is 4.49. The smallest absolute Gasteiger partial charge is 0.228 e. The van der Waals surface area contributed by atoms with Gasteiger partial charge in [-0.25, -0.2) is 13.2 Å². The molecule has 0 bridgehead atoms. The molecule has 0 aromatic heterocycles. The number of hydrogen-bond donors (Lipinski definition) is 2. The maximum Gasteiger partial charge on any atom is 0.228 e. The number of anilines is 1. The molecule has 6 heteroatoms. The van der Waals surface area contributed by atoms with E-state index in [4.69, 9.17) is 5.73 Å². The average Bonchev–Trinajstić information content (AvgIpc) is 2.43. The zero-order valence-corrected chi connectivity index (χ0v) is 11.0. The second-order valence-electron chi connectivity index (χ2n) is 4.49. The quantitative estimate of drug-likeness (QED) is 0.911. The third kappa shape index (κ3) is 3.82. The summed E-state index contributed by atoms with van der Waals surface area (Å²) in [5.74, 6) is -3.95. The molecule has 0 fully saturated rings. The van der Waals surface area contributed by atoms with Crippen LogP contribution in [0.3, 0.4) is 0 Å². The van der Waals surface area contributed by atoms with E-state index >= 15 is 0 Å². The molecule has 0 unspecified atom stereocenters. The lowest BCUT2D eigenvalue weighted by atomic mass is 10.1. The van der Waals surface area contributed by atoms with Crippen molar-refractivity contribution in [1.82, 2.24) is 0 Å². The molecule has 0 radical (unpaired) electrons. The van der Waals surface area contributed by atoms with Gasteiger partial charge in [-0.15, -0.1) is 0 Å². The summed E-state index contributed by atoms with van der Waals surface area (Å²) in [6, 6.07) is 7.96. The van der Waals surface area contributed by atoms with Crippen LogP contribution in [0.2, 0.25) is 0 Å². The summed E-state index contributed by atoms with van der Waals surface area (Å²) in [6.45, 7) is 0.387. The first-order chi connectivity index (χ1) is 9.99. The Hall–Kier alpha value is -2.34. The van der Waals surface area contributed by atoms with Crippen molar-refractivity contribution in [3.63, 3.8) is 0 Å². The van der Waals surface area contributed by atoms with E-state index in [0.29, 0.717) is 24.2 Å². The van der Waals surface area contributed by atoms with Crippen LogP contribution in [-0.4, -0.2) is 5.91 Å². The minimum Gasteiger partial charge on any atom is -0.326 e. The number of carbonyl (C=O) groups is 1. The van der Waals surface area contributed by atoms with E-state index in [9.17, 15) is 18.0 Å². The maximum atomic E-state index is 13.4. The Kier molecular flexibility index (Phi) is 4.59. The minimum atomic E-state index is -1.15. The molecular formula is C15H13F3N2O. The molecule has 1 amide bonds. The Morgan fingerprint density at radius 1 is 1.00 bits per heavy atom. The molecule has 0 heterocycles. The second kappa shape index (κ2) is 6.41. The van der Waals surface area contributed by atoms with Gasteiger partial charge in [0.1, 0.15) is 11.5 Å². The third-order valence-corrected chi connectivity index (χ3v) is 2.89. The van der Waals surface area contributed by atoms with Gasteiger partial charge in [0.25, 0.3) is 0 Å². The molecule has 110 valence electrons. The van der Waals surface area contributed by atoms with E-state index in [0.717, 1.165) is 5.56 Å². The SMILES string of the molecule is NCc1ccc(CC(=O)Nc2c(F)cc(F)cc2F)cc1. The predicted octanol–water partition coefficient (Wildman–Crippen LogP) is 2.74. The molecule has 3 nitrogen and oxygen atoms in total. The highest BCUT2D eigenvalue weighted by Gasteiger charge is 2.14. The third-order valence-electron chi connectivity index (χ3n) is 2.89. The number of halogens is 3. The largest absolute Gasteiger partial charge is 0.326 e. The number of nitrogens with one attached hydrogen (secondary N) is 1. The van der Waals surface area contributed by atoms with Crippen LogP contribution in [0.25, 0.3) is 0 Å². The number of carbonyl (C=O) groups excluding carboxylic acids is 1. The Bertz CT molecular complexity index is 633. The molecular weight excluding hydrogens is 281 g/mol. The lowest BCUT2D eigenvalue weighted by Gasteiger charge is -2.08. The van der Waals surface area contributed by atoms with Gasteiger partial charge in [-0.1, -0.05) is 24.3 Å². The number of hydrogen-bond acceptors (Lipinski definition) is 2. The van der Waals surface area contributed by atoms with Crippen molar-refractivity contribution >= 4 is 11.6 Å². The number of rotatable bonds is 4. The van der Waals surface area contributed by atoms with E-state index in [2.05, 4.69) is 5.32 Å². The zero-order chi connectivity index (χ0) is 15.4. The van der Waals surface area contributed by atoms with E-state index in [-0.39, 0.29) is 6.42 Å². The van der Waals surface area contributed by atoms with Crippen molar-refractivity contribution in [3.05, 3.63) is 65.0 Å². The molecule has 0 aliphatic rings. The molecule has 0 saturated carbocycles. The predicted molar refractivity (Wildman–Crippen MR) is 73.0 cm³/mol. The molecule has 0 spiro atoms. The van der Waals surface area contributed by atoms with Crippen molar-refractivity contribution in [2.45, 2.75) is 13.0 Å². The molecule has 0 atom stereocenters. The first-order valence-corrected chi connectivity index (χ1v) is 6.22. The van der Waals surface area contributed by atoms with Crippen molar-refractivity contribution in [1.29, 1.82) is 0 Å². The lowest BCUT2D eigenvalue weighted by Crippen LogP contribution is -2.16. The number of amides is 1. The van der Waals surface area contributed by atoms with Crippen LogP contribution in [0.1, 0.15) is 11.1 Å². The molecule has 2 rings (SSSR count). The molecule has 0 aliphatic carbocycles. The summed E-state index contributed by atoms with van der Waals surface area (Å²) in [6.07, 6.45) is -0.0545. The maximum absolute atomic E-state index is 13.4. The molecule has 2 aromatic carbocycles. The van der Waals surface area contributed by atoms with E-state index in [1.807, 2.05) is 0 Å². The normalized spacial score (nSPS) is 10.5. The van der Waals surface area contributed by atoms with Crippen LogP contribution in [0.5, 0.6) is 0 Å². The van der Waals surface area contributed by atoms with Crippen molar-refractivity contribution in [2.75, 3.05) is 5.32 Å². The molecule has 0 aliphatic heterocycles. The van der Waals surface area contributed by atoms with Crippen LogP contribution in [0, 0.1) is 17.5 Å². The Labute approximate surface area is 119 Å². The monoisotopic (exact) mass is 294 g/mol. The standard InChI is InChI=1S/C15H13F3N2O/c16-11-6-12(17)15(13(18)7-11)20-14(21)5-9-1-3-10(8-19)4-2-9/h1-4,6-7H,5,8,19H2,(H,20,21). The van der Waals surface area contributed by atoms with Gasteiger partial charge in [0, 0.05) is 18.7 Å². The summed E-state index contributed by atoms with van der Waals surface area (Å²) < 4.78 is 39.6. The van der Waals surface area contributed by atoms with Crippen LogP contribution in [0.15, 0.2) is 36.4 Å². The molecule has 3 N–H and O–H groups in total. The van der Waals surface area contributed by atoms with Gasteiger partial charge in [0.05, 0.1) is 6.42 Å². The highest BCUT2D eigenvalue weighted by Crippen LogP contribution is 2.20. The van der Waals surface area contributed by atoms with Crippen LogP contribution < -0.4 is 11.1 Å². The van der Waals surface area contributed by atoms with Gasteiger partial charge in [-0.05, 0) is 11.1 Å². The van der Waals surface area contributed by atoms with E-state index in [1.54, 1.807) is 24.3 Å². The van der Waals surface area contributed by atoms with E-state index in [1.165, 1.54) is 0 Å². The fourth-order valence-corrected chi connectivity index (χ4v) is 1.82. The summed E-state index contributed by atoms with van der Waals surface area (Å²) in [4.78, 5) is 11.8. The lowest BCUT2D eigenvalue weighted by molar-refractivity contribution is -0.115. The van der Waals surface area contributed by atoms with Gasteiger partial charge in [0.2, 0.25) is 5.91 Å². The highest BCUT2D eigenvalue weighted by molar-refractivity contribution is 5.92. The highest BCUT2D eigenvalue weighted by atomic mass is 19.1. The van der Waals surface area contributed by atoms with E-state index < -0.39 is 29.0 Å². The van der Waals surface area contributed by atoms with Crippen LogP contribution in [-0.2, 0) is 17.8 Å². The summed E-state index contributed by atoms with van der Waals surface area (Å²) in [5.41, 5.74) is 6.39. The summed E-state index contributed by atoms with van der Waals surface area (Å²) in [7, 11) is 0. The Balaban J connectivity index is 2.08. The van der Waals surface area contributed by atoms with Crippen LogP contribution in [0.4, 0.5) is 18.9 Å². The topological polar surface area (TPSA) is 55.1 Å². The number of benzene rings is 2. The summed E-state index contributed by atoms with van der Waals surface area (Å²) >= 11 is 0. The minimum absolute atomic E-state index is 0.0545. The van der Waals surface area contributed by atoms with Crippen LogP contribution >= 0.6 is 0 Å². The Morgan fingerprint density at radius 2 is 1.52 bits per heavy atom. The van der Waals surface area contributed by atoms with Gasteiger partial charge in [-0.3, -0.25) is 4.79 Å². The molecule has 0 saturated heterocycles. The fraction of sp³-hybridized carbons (Fsp3) is 0.133. The van der Waals surface area contributed by atoms with Gasteiger partial charge in [-0.2, -0.15) is 0 Å². The summed E-state index contributed by atoms with van der Waals surface area (Å²) in [5, 5.41) is 2.10. The van der Waals surface area contributed by atoms with Crippen molar-refractivity contribution in [3.8, 4) is 0 Å². The first-order valence-electron chi connectivity index (χ1n) is 6.22. The Morgan fingerprint density at radius 3 is 2.05 bits per heavy atom. The van der Waals surface area contributed by atoms with Gasteiger partial charge >= 0.3 is 0 Å². The number of nitrogens with two attached hydrogens (primary N) is 1. The van der Waals surface area contributed by atoms with Gasteiger partial charge in [0.15, 0.2) is 11.6 Å². The van der Waals surface area contributed by atoms with Crippen molar-refractivity contribution < 1.29 is 18.0 Å². The molecule has 21 heavy (non-hydrogen) atoms. The zero-order valence-electron chi connectivity index (χ0n) is 11.0. The van der Waals surface area contributed by atoms with Crippen molar-refractivity contribution in [2.24, 2.45) is 5.73 Å². The average molecular weight is 294 g/mol. The van der Waals surface area contributed by atoms with Gasteiger partial charge < -0.3 is 11.1 Å².